The SMILES string of the molecule is COc1cc(O)cc2oc(=O)cc(C[C@H]([NH3+])C(=O)O)c12. The first-order valence-corrected chi connectivity index (χ1v) is 5.82. The number of ether oxygens (including phenoxy) is 1. The Morgan fingerprint density at radius 2 is 2.15 bits per heavy atom. The second-order valence-corrected chi connectivity index (χ2v) is 4.35. The predicted molar refractivity (Wildman–Crippen MR) is 68.7 cm³/mol. The van der Waals surface area contributed by atoms with E-state index < -0.39 is 17.6 Å². The Bertz CT molecular complexity index is 721. The van der Waals surface area contributed by atoms with Gasteiger partial charge in [0.05, 0.1) is 12.5 Å². The molecule has 1 aromatic carbocycles. The minimum absolute atomic E-state index is 0.0541. The molecular weight excluding hydrogens is 266 g/mol. The zero-order valence-electron chi connectivity index (χ0n) is 10.8. The van der Waals surface area contributed by atoms with E-state index in [2.05, 4.69) is 5.73 Å². The zero-order valence-corrected chi connectivity index (χ0v) is 10.8. The van der Waals surface area contributed by atoms with Gasteiger partial charge in [-0.25, -0.2) is 9.59 Å². The first-order chi connectivity index (χ1) is 9.42. The summed E-state index contributed by atoms with van der Waals surface area (Å²) in [6, 6.07) is 2.95. The number of fused-ring (bicyclic) bond motifs is 1. The van der Waals surface area contributed by atoms with Gasteiger partial charge < -0.3 is 25.1 Å². The fraction of sp³-hybridized carbons (Fsp3) is 0.231. The molecule has 2 rings (SSSR count). The van der Waals surface area contributed by atoms with Crippen molar-refractivity contribution in [1.29, 1.82) is 0 Å². The van der Waals surface area contributed by atoms with E-state index in [1.54, 1.807) is 0 Å². The number of methoxy groups -OCH3 is 1. The number of carboxylic acid groups (broad SMARTS) is 1. The minimum Gasteiger partial charge on any atom is -0.508 e. The van der Waals surface area contributed by atoms with Crippen LogP contribution in [0.25, 0.3) is 11.0 Å². The number of quaternary nitrogens is 1. The number of aromatic hydroxyl groups is 1. The third-order valence-corrected chi connectivity index (χ3v) is 2.91. The monoisotopic (exact) mass is 280 g/mol. The van der Waals surface area contributed by atoms with E-state index in [4.69, 9.17) is 14.3 Å². The number of carbonyl (C=O) groups is 1. The smallest absolute Gasteiger partial charge is 0.362 e. The Hall–Kier alpha value is -2.54. The molecule has 1 heterocycles. The fourth-order valence-electron chi connectivity index (χ4n) is 2.00. The maximum absolute atomic E-state index is 11.5. The number of benzene rings is 1. The van der Waals surface area contributed by atoms with Crippen molar-refractivity contribution in [3.05, 3.63) is 34.2 Å². The quantitative estimate of drug-likeness (QED) is 0.663. The number of carboxylic acids is 1. The number of aliphatic carboxylic acids is 1. The van der Waals surface area contributed by atoms with Gasteiger partial charge in [-0.2, -0.15) is 0 Å². The first-order valence-electron chi connectivity index (χ1n) is 5.82. The molecule has 20 heavy (non-hydrogen) atoms. The summed E-state index contributed by atoms with van der Waals surface area (Å²) in [7, 11) is 1.40. The molecule has 2 aromatic rings. The van der Waals surface area contributed by atoms with Crippen molar-refractivity contribution < 1.29 is 29.9 Å². The van der Waals surface area contributed by atoms with Crippen molar-refractivity contribution in [1.82, 2.24) is 0 Å². The highest BCUT2D eigenvalue weighted by molar-refractivity contribution is 5.88. The van der Waals surface area contributed by atoms with Crippen LogP contribution in [0.5, 0.6) is 11.5 Å². The van der Waals surface area contributed by atoms with Crippen molar-refractivity contribution in [3.63, 3.8) is 0 Å². The van der Waals surface area contributed by atoms with E-state index in [1.807, 2.05) is 0 Å². The van der Waals surface area contributed by atoms with Gasteiger partial charge in [0.15, 0.2) is 6.04 Å². The lowest BCUT2D eigenvalue weighted by Crippen LogP contribution is -2.66. The van der Waals surface area contributed by atoms with Crippen molar-refractivity contribution in [2.24, 2.45) is 0 Å². The third-order valence-electron chi connectivity index (χ3n) is 2.91. The molecule has 0 aliphatic heterocycles. The average Bonchev–Trinajstić information content (AvgIpc) is 2.36. The maximum Gasteiger partial charge on any atom is 0.362 e. The third kappa shape index (κ3) is 2.57. The number of phenolic OH excluding ortho intramolecular Hbond substituents is 1. The normalized spacial score (nSPS) is 12.3. The summed E-state index contributed by atoms with van der Waals surface area (Å²) in [4.78, 5) is 22.4. The van der Waals surface area contributed by atoms with Crippen LogP contribution < -0.4 is 16.1 Å². The van der Waals surface area contributed by atoms with E-state index in [1.165, 1.54) is 25.3 Å². The number of phenols is 1. The molecule has 0 bridgehead atoms. The van der Waals surface area contributed by atoms with E-state index in [0.29, 0.717) is 16.7 Å². The predicted octanol–water partition coefficient (Wildman–Crippen LogP) is -0.255. The van der Waals surface area contributed by atoms with Crippen LogP contribution in [0.3, 0.4) is 0 Å². The molecule has 7 heteroatoms. The largest absolute Gasteiger partial charge is 0.508 e. The highest BCUT2D eigenvalue weighted by atomic mass is 16.5. The van der Waals surface area contributed by atoms with Crippen molar-refractivity contribution in [2.75, 3.05) is 7.11 Å². The number of rotatable bonds is 4. The second-order valence-electron chi connectivity index (χ2n) is 4.35. The standard InChI is InChI=1S/C13H13NO6/c1-19-9-4-7(15)5-10-12(9)6(3-11(16)20-10)2-8(14)13(17)18/h3-5,8,15H,2,14H2,1H3,(H,17,18)/p+1/t8-/m0/s1. The Labute approximate surface area is 113 Å². The van der Waals surface area contributed by atoms with Gasteiger partial charge in [-0.15, -0.1) is 0 Å². The summed E-state index contributed by atoms with van der Waals surface area (Å²) >= 11 is 0. The van der Waals surface area contributed by atoms with E-state index in [-0.39, 0.29) is 17.8 Å². The summed E-state index contributed by atoms with van der Waals surface area (Å²) in [5.74, 6) is -0.875. The van der Waals surface area contributed by atoms with Gasteiger partial charge in [0, 0.05) is 24.6 Å². The van der Waals surface area contributed by atoms with E-state index in [0.717, 1.165) is 0 Å². The van der Waals surface area contributed by atoms with Crippen LogP contribution in [0.4, 0.5) is 0 Å². The molecule has 0 fully saturated rings. The first kappa shape index (κ1) is 13.9. The highest BCUT2D eigenvalue weighted by Crippen LogP contribution is 2.32. The van der Waals surface area contributed by atoms with Gasteiger partial charge in [-0.05, 0) is 5.56 Å². The molecule has 0 amide bonds. The van der Waals surface area contributed by atoms with Gasteiger partial charge in [0.25, 0.3) is 0 Å². The molecule has 5 N–H and O–H groups in total. The number of hydrogen-bond donors (Lipinski definition) is 3. The van der Waals surface area contributed by atoms with Crippen molar-refractivity contribution >= 4 is 16.9 Å². The lowest BCUT2D eigenvalue weighted by atomic mass is 10.0. The molecule has 0 saturated carbocycles. The molecule has 1 atom stereocenters. The maximum atomic E-state index is 11.5. The topological polar surface area (TPSA) is 125 Å². The van der Waals surface area contributed by atoms with E-state index in [9.17, 15) is 14.7 Å². The molecule has 0 spiro atoms. The molecule has 106 valence electrons. The molecule has 0 aliphatic carbocycles. The van der Waals surface area contributed by atoms with Gasteiger partial charge >= 0.3 is 11.6 Å². The molecule has 7 nitrogen and oxygen atoms in total. The van der Waals surface area contributed by atoms with Gasteiger partial charge in [0.1, 0.15) is 17.1 Å². The van der Waals surface area contributed by atoms with Crippen LogP contribution in [0.2, 0.25) is 0 Å². The van der Waals surface area contributed by atoms with Gasteiger partial charge in [-0.1, -0.05) is 0 Å². The molecule has 0 unspecified atom stereocenters. The van der Waals surface area contributed by atoms with Crippen LogP contribution in [0.15, 0.2) is 27.4 Å². The summed E-state index contributed by atoms with van der Waals surface area (Å²) in [5.41, 5.74) is 3.49. The van der Waals surface area contributed by atoms with Crippen LogP contribution in [-0.4, -0.2) is 29.3 Å². The van der Waals surface area contributed by atoms with Gasteiger partial charge in [0.2, 0.25) is 0 Å². The second kappa shape index (κ2) is 5.22. The molecule has 1 aromatic heterocycles. The molecule has 0 radical (unpaired) electrons. The Morgan fingerprint density at radius 1 is 1.45 bits per heavy atom. The Kier molecular flexibility index (Phi) is 3.62. The van der Waals surface area contributed by atoms with Crippen LogP contribution in [0.1, 0.15) is 5.56 Å². The van der Waals surface area contributed by atoms with Gasteiger partial charge in [-0.3, -0.25) is 0 Å². The Morgan fingerprint density at radius 3 is 2.75 bits per heavy atom. The van der Waals surface area contributed by atoms with Crippen LogP contribution in [-0.2, 0) is 11.2 Å². The summed E-state index contributed by atoms with van der Waals surface area (Å²) in [5, 5.41) is 18.9. The lowest BCUT2D eigenvalue weighted by molar-refractivity contribution is -0.407. The average molecular weight is 280 g/mol. The molecular formula is C13H14NO6+. The fourth-order valence-corrected chi connectivity index (χ4v) is 2.00. The highest BCUT2D eigenvalue weighted by Gasteiger charge is 2.21. The van der Waals surface area contributed by atoms with Crippen LogP contribution in [0, 0.1) is 0 Å². The van der Waals surface area contributed by atoms with Crippen molar-refractivity contribution in [2.45, 2.75) is 12.5 Å². The molecule has 0 aliphatic rings. The zero-order chi connectivity index (χ0) is 14.9. The lowest BCUT2D eigenvalue weighted by Gasteiger charge is -2.10. The number of hydrogen-bond acceptors (Lipinski definition) is 5. The minimum atomic E-state index is -1.07. The summed E-state index contributed by atoms with van der Waals surface area (Å²) < 4.78 is 10.1. The molecule has 0 saturated heterocycles. The van der Waals surface area contributed by atoms with Crippen LogP contribution >= 0.6 is 0 Å². The Balaban J connectivity index is 2.69. The van der Waals surface area contributed by atoms with E-state index >= 15 is 0 Å². The van der Waals surface area contributed by atoms with Crippen molar-refractivity contribution in [3.8, 4) is 11.5 Å². The summed E-state index contributed by atoms with van der Waals surface area (Å²) in [6.45, 7) is 0. The summed E-state index contributed by atoms with van der Waals surface area (Å²) in [6.07, 6.45) is 0.0541.